The van der Waals surface area contributed by atoms with Gasteiger partial charge in [0.1, 0.15) is 0 Å². The van der Waals surface area contributed by atoms with E-state index in [-0.39, 0.29) is 0 Å². The van der Waals surface area contributed by atoms with Gasteiger partial charge in [-0.2, -0.15) is 0 Å². The highest BCUT2D eigenvalue weighted by Gasteiger charge is 2.02. The maximum atomic E-state index is 2.39. The van der Waals surface area contributed by atoms with Gasteiger partial charge in [-0.15, -0.1) is 0 Å². The quantitative estimate of drug-likeness (QED) is 0.544. The fraction of sp³-hybridized carbons (Fsp3) is 0. The van der Waals surface area contributed by atoms with Crippen LogP contribution in [0, 0.1) is 3.57 Å². The summed E-state index contributed by atoms with van der Waals surface area (Å²) < 4.78 is 1.29. The average Bonchev–Trinajstić information content (AvgIpc) is 2.39. The Morgan fingerprint density at radius 2 is 1.35 bits per heavy atom. The molecule has 0 N–H and O–H groups in total. The summed E-state index contributed by atoms with van der Waals surface area (Å²) in [5.74, 6) is 0. The third kappa shape index (κ3) is 2.07. The SMILES string of the molecule is Ic1ccccc1-c1ccc2ccccc2c1. The fourth-order valence-electron chi connectivity index (χ4n) is 2.05. The predicted octanol–water partition coefficient (Wildman–Crippen LogP) is 5.11. The first kappa shape index (κ1) is 10.8. The number of hydrogen-bond acceptors (Lipinski definition) is 0. The van der Waals surface area contributed by atoms with Gasteiger partial charge in [0.15, 0.2) is 0 Å². The summed E-state index contributed by atoms with van der Waals surface area (Å²) in [6.45, 7) is 0. The van der Waals surface area contributed by atoms with Crippen LogP contribution in [-0.2, 0) is 0 Å². The minimum Gasteiger partial charge on any atom is -0.0616 e. The lowest BCUT2D eigenvalue weighted by Gasteiger charge is -2.06. The molecule has 0 aliphatic rings. The summed E-state index contributed by atoms with van der Waals surface area (Å²) in [4.78, 5) is 0. The molecular weight excluding hydrogens is 319 g/mol. The number of halogens is 1. The monoisotopic (exact) mass is 330 g/mol. The minimum atomic E-state index is 1.29. The van der Waals surface area contributed by atoms with Crippen molar-refractivity contribution in [3.63, 3.8) is 0 Å². The molecule has 0 amide bonds. The molecule has 1 heteroatoms. The maximum Gasteiger partial charge on any atom is 0.0208 e. The van der Waals surface area contributed by atoms with Gasteiger partial charge in [0.05, 0.1) is 0 Å². The van der Waals surface area contributed by atoms with Gasteiger partial charge in [0.25, 0.3) is 0 Å². The summed E-state index contributed by atoms with van der Waals surface area (Å²) in [6, 6.07) is 23.6. The average molecular weight is 330 g/mol. The Labute approximate surface area is 114 Å². The van der Waals surface area contributed by atoms with Crippen molar-refractivity contribution in [2.24, 2.45) is 0 Å². The molecule has 3 rings (SSSR count). The molecule has 0 nitrogen and oxygen atoms in total. The highest BCUT2D eigenvalue weighted by molar-refractivity contribution is 14.1. The Morgan fingerprint density at radius 1 is 0.647 bits per heavy atom. The summed E-state index contributed by atoms with van der Waals surface area (Å²) in [5.41, 5.74) is 2.59. The molecule has 0 unspecified atom stereocenters. The molecule has 0 aromatic heterocycles. The zero-order valence-electron chi connectivity index (χ0n) is 9.23. The first-order valence-electron chi connectivity index (χ1n) is 5.58. The third-order valence-electron chi connectivity index (χ3n) is 2.93. The van der Waals surface area contributed by atoms with Crippen molar-refractivity contribution >= 4 is 33.4 Å². The van der Waals surface area contributed by atoms with E-state index in [2.05, 4.69) is 89.3 Å². The molecule has 17 heavy (non-hydrogen) atoms. The highest BCUT2D eigenvalue weighted by Crippen LogP contribution is 2.27. The van der Waals surface area contributed by atoms with Gasteiger partial charge in [-0.25, -0.2) is 0 Å². The first-order chi connectivity index (χ1) is 8.34. The van der Waals surface area contributed by atoms with Gasteiger partial charge < -0.3 is 0 Å². The smallest absolute Gasteiger partial charge is 0.0208 e. The van der Waals surface area contributed by atoms with Crippen LogP contribution in [0.5, 0.6) is 0 Å². The van der Waals surface area contributed by atoms with Gasteiger partial charge in [0.2, 0.25) is 0 Å². The standard InChI is InChI=1S/C16H11I/c17-16-8-4-3-7-15(16)14-10-9-12-5-1-2-6-13(12)11-14/h1-11H. The van der Waals surface area contributed by atoms with Gasteiger partial charge in [-0.05, 0) is 56.6 Å². The summed E-state index contributed by atoms with van der Waals surface area (Å²) in [6.07, 6.45) is 0. The summed E-state index contributed by atoms with van der Waals surface area (Å²) in [7, 11) is 0. The zero-order valence-corrected chi connectivity index (χ0v) is 11.4. The normalized spacial score (nSPS) is 10.6. The second kappa shape index (κ2) is 4.49. The second-order valence-electron chi connectivity index (χ2n) is 4.04. The first-order valence-corrected chi connectivity index (χ1v) is 6.66. The number of rotatable bonds is 1. The van der Waals surface area contributed by atoms with E-state index in [4.69, 9.17) is 0 Å². The largest absolute Gasteiger partial charge is 0.0616 e. The molecular formula is C16H11I. The molecule has 0 saturated heterocycles. The maximum absolute atomic E-state index is 2.39. The molecule has 3 aromatic carbocycles. The van der Waals surface area contributed by atoms with E-state index < -0.39 is 0 Å². The minimum absolute atomic E-state index is 1.29. The van der Waals surface area contributed by atoms with Gasteiger partial charge in [-0.3, -0.25) is 0 Å². The fourth-order valence-corrected chi connectivity index (χ4v) is 2.75. The molecule has 82 valence electrons. The van der Waals surface area contributed by atoms with Crippen LogP contribution in [0.3, 0.4) is 0 Å². The highest BCUT2D eigenvalue weighted by atomic mass is 127. The van der Waals surface area contributed by atoms with Gasteiger partial charge in [-0.1, -0.05) is 54.6 Å². The Bertz CT molecular complexity index is 671. The topological polar surface area (TPSA) is 0 Å². The zero-order chi connectivity index (χ0) is 11.7. The molecule has 0 fully saturated rings. The second-order valence-corrected chi connectivity index (χ2v) is 5.20. The Kier molecular flexibility index (Phi) is 2.85. The van der Waals surface area contributed by atoms with Crippen molar-refractivity contribution in [1.29, 1.82) is 0 Å². The number of fused-ring (bicyclic) bond motifs is 1. The molecule has 0 atom stereocenters. The summed E-state index contributed by atoms with van der Waals surface area (Å²) in [5, 5.41) is 2.59. The Hall–Kier alpha value is -1.35. The van der Waals surface area contributed by atoms with Crippen molar-refractivity contribution in [2.75, 3.05) is 0 Å². The van der Waals surface area contributed by atoms with Gasteiger partial charge >= 0.3 is 0 Å². The van der Waals surface area contributed by atoms with Crippen LogP contribution in [0.4, 0.5) is 0 Å². The van der Waals surface area contributed by atoms with Crippen molar-refractivity contribution in [3.8, 4) is 11.1 Å². The molecule has 0 radical (unpaired) electrons. The molecule has 0 saturated carbocycles. The van der Waals surface area contributed by atoms with E-state index in [0.717, 1.165) is 0 Å². The van der Waals surface area contributed by atoms with Crippen LogP contribution >= 0.6 is 22.6 Å². The lowest BCUT2D eigenvalue weighted by atomic mass is 10.0. The van der Waals surface area contributed by atoms with Crippen LogP contribution < -0.4 is 0 Å². The molecule has 0 bridgehead atoms. The van der Waals surface area contributed by atoms with E-state index in [1.54, 1.807) is 0 Å². The third-order valence-corrected chi connectivity index (χ3v) is 3.88. The van der Waals surface area contributed by atoms with Crippen molar-refractivity contribution < 1.29 is 0 Å². The van der Waals surface area contributed by atoms with Crippen LogP contribution in [0.15, 0.2) is 66.7 Å². The molecule has 0 aliphatic carbocycles. The van der Waals surface area contributed by atoms with E-state index >= 15 is 0 Å². The number of benzene rings is 3. The van der Waals surface area contributed by atoms with E-state index in [0.29, 0.717) is 0 Å². The van der Waals surface area contributed by atoms with Crippen molar-refractivity contribution in [2.45, 2.75) is 0 Å². The number of hydrogen-bond donors (Lipinski definition) is 0. The molecule has 0 spiro atoms. The van der Waals surface area contributed by atoms with Crippen LogP contribution in [0.25, 0.3) is 21.9 Å². The Balaban J connectivity index is 2.22. The predicted molar refractivity (Wildman–Crippen MR) is 82.1 cm³/mol. The van der Waals surface area contributed by atoms with Gasteiger partial charge in [0, 0.05) is 3.57 Å². The van der Waals surface area contributed by atoms with Crippen LogP contribution in [-0.4, -0.2) is 0 Å². The molecule has 3 aromatic rings. The van der Waals surface area contributed by atoms with Crippen LogP contribution in [0.1, 0.15) is 0 Å². The molecule has 0 heterocycles. The van der Waals surface area contributed by atoms with E-state index in [1.807, 2.05) is 0 Å². The van der Waals surface area contributed by atoms with Crippen molar-refractivity contribution in [3.05, 3.63) is 70.3 Å². The lowest BCUT2D eigenvalue weighted by Crippen LogP contribution is -1.82. The van der Waals surface area contributed by atoms with Crippen LogP contribution in [0.2, 0.25) is 0 Å². The lowest BCUT2D eigenvalue weighted by molar-refractivity contribution is 1.60. The summed E-state index contributed by atoms with van der Waals surface area (Å²) >= 11 is 2.39. The molecule has 0 aliphatic heterocycles. The van der Waals surface area contributed by atoms with E-state index in [9.17, 15) is 0 Å². The van der Waals surface area contributed by atoms with E-state index in [1.165, 1.54) is 25.5 Å². The Morgan fingerprint density at radius 3 is 2.18 bits per heavy atom. The van der Waals surface area contributed by atoms with Crippen molar-refractivity contribution in [1.82, 2.24) is 0 Å².